The maximum absolute atomic E-state index is 12.7. The van der Waals surface area contributed by atoms with Gasteiger partial charge in [-0.3, -0.25) is 4.79 Å². The molecule has 8 nitrogen and oxygen atoms in total. The number of hydrogen-bond acceptors (Lipinski definition) is 6. The minimum atomic E-state index is -3.68. The van der Waals surface area contributed by atoms with Crippen LogP contribution in [0.5, 0.6) is 0 Å². The van der Waals surface area contributed by atoms with E-state index in [0.29, 0.717) is 19.6 Å². The molecule has 1 amide bonds. The molecule has 2 rings (SSSR count). The molecular weight excluding hydrogens is 366 g/mol. The van der Waals surface area contributed by atoms with E-state index in [1.54, 1.807) is 0 Å². The molecule has 1 aliphatic heterocycles. The van der Waals surface area contributed by atoms with Gasteiger partial charge >= 0.3 is 0 Å². The first-order chi connectivity index (χ1) is 11.6. The smallest absolute Gasteiger partial charge is 0.251 e. The Labute approximate surface area is 148 Å². The molecule has 1 heterocycles. The maximum Gasteiger partial charge on any atom is 0.251 e. The summed E-state index contributed by atoms with van der Waals surface area (Å²) in [4.78, 5) is 12.2. The number of carbonyl (C=O) groups is 1. The Morgan fingerprint density at radius 2 is 2.04 bits per heavy atom. The van der Waals surface area contributed by atoms with Crippen molar-refractivity contribution < 1.29 is 21.6 Å². The van der Waals surface area contributed by atoms with Crippen LogP contribution >= 0.6 is 0 Å². The molecule has 0 bridgehead atoms. The first-order valence-electron chi connectivity index (χ1n) is 7.89. The van der Waals surface area contributed by atoms with E-state index in [0.717, 1.165) is 6.26 Å². The van der Waals surface area contributed by atoms with Gasteiger partial charge in [0.1, 0.15) is 9.84 Å². The van der Waals surface area contributed by atoms with E-state index in [2.05, 4.69) is 10.6 Å². The van der Waals surface area contributed by atoms with Gasteiger partial charge in [-0.05, 0) is 25.1 Å². The zero-order valence-corrected chi connectivity index (χ0v) is 15.9. The quantitative estimate of drug-likeness (QED) is 0.675. The Hall–Kier alpha value is -1.49. The molecule has 10 heteroatoms. The van der Waals surface area contributed by atoms with Gasteiger partial charge in [0.15, 0.2) is 0 Å². The molecule has 1 aromatic carbocycles. The number of carbonyl (C=O) groups excluding carboxylic acids is 1. The number of piperazine rings is 1. The number of sulfone groups is 1. The molecule has 0 spiro atoms. The zero-order valence-electron chi connectivity index (χ0n) is 14.2. The molecule has 1 aliphatic rings. The van der Waals surface area contributed by atoms with Crippen molar-refractivity contribution in [2.45, 2.75) is 17.9 Å². The topological polar surface area (TPSA) is 113 Å². The van der Waals surface area contributed by atoms with Crippen LogP contribution in [0.2, 0.25) is 0 Å². The minimum Gasteiger partial charge on any atom is -0.351 e. The van der Waals surface area contributed by atoms with Crippen molar-refractivity contribution in [3.8, 4) is 0 Å². The van der Waals surface area contributed by atoms with Crippen LogP contribution in [0.3, 0.4) is 0 Å². The normalized spacial score (nSPS) is 19.5. The zero-order chi connectivity index (χ0) is 18.7. The number of benzene rings is 1. The molecular formula is C15H23N3O5S2. The van der Waals surface area contributed by atoms with Gasteiger partial charge in [-0.25, -0.2) is 16.8 Å². The van der Waals surface area contributed by atoms with Crippen molar-refractivity contribution in [2.24, 2.45) is 0 Å². The van der Waals surface area contributed by atoms with Crippen LogP contribution in [0, 0.1) is 0 Å². The highest BCUT2D eigenvalue weighted by atomic mass is 32.2. The van der Waals surface area contributed by atoms with Gasteiger partial charge in [-0.15, -0.1) is 0 Å². The number of rotatable bonds is 6. The molecule has 1 fully saturated rings. The van der Waals surface area contributed by atoms with Crippen molar-refractivity contribution >= 4 is 25.8 Å². The third-order valence-corrected chi connectivity index (χ3v) is 6.63. The van der Waals surface area contributed by atoms with Crippen LogP contribution in [0.4, 0.5) is 0 Å². The predicted octanol–water partition coefficient (Wildman–Crippen LogP) is -0.557. The van der Waals surface area contributed by atoms with E-state index >= 15 is 0 Å². The van der Waals surface area contributed by atoms with Gasteiger partial charge in [-0.1, -0.05) is 6.07 Å². The van der Waals surface area contributed by atoms with Crippen molar-refractivity contribution in [1.82, 2.24) is 14.9 Å². The number of nitrogens with zero attached hydrogens (tertiary/aromatic N) is 1. The average molecular weight is 389 g/mol. The number of sulfonamides is 1. The molecule has 0 aromatic heterocycles. The Kier molecular flexibility index (Phi) is 6.20. The first kappa shape index (κ1) is 19.8. The molecule has 140 valence electrons. The lowest BCUT2D eigenvalue weighted by Gasteiger charge is -2.31. The highest BCUT2D eigenvalue weighted by Gasteiger charge is 2.28. The highest BCUT2D eigenvalue weighted by Crippen LogP contribution is 2.18. The van der Waals surface area contributed by atoms with Gasteiger partial charge in [0.2, 0.25) is 10.0 Å². The summed E-state index contributed by atoms with van der Waals surface area (Å²) in [5.41, 5.74) is 0.178. The van der Waals surface area contributed by atoms with E-state index in [-0.39, 0.29) is 28.8 Å². The van der Waals surface area contributed by atoms with Crippen LogP contribution in [-0.4, -0.2) is 71.3 Å². The molecule has 25 heavy (non-hydrogen) atoms. The monoisotopic (exact) mass is 389 g/mol. The molecule has 0 unspecified atom stereocenters. The Morgan fingerprint density at radius 3 is 2.68 bits per heavy atom. The SMILES string of the molecule is C[C@@H]1CN(S(=O)(=O)c2cccc(C(=O)NCCS(C)(=O)=O)c2)CCN1. The molecule has 1 atom stereocenters. The van der Waals surface area contributed by atoms with Gasteiger partial charge in [0, 0.05) is 44.0 Å². The second kappa shape index (κ2) is 7.81. The van der Waals surface area contributed by atoms with Gasteiger partial charge < -0.3 is 10.6 Å². The standard InChI is InChI=1S/C15H23N3O5S2/c1-12-11-18(8-6-16-12)25(22,23)14-5-3-4-13(10-14)15(19)17-7-9-24(2,20)21/h3-5,10,12,16H,6-9,11H2,1-2H3,(H,17,19)/t12-/m1/s1. The average Bonchev–Trinajstić information content (AvgIpc) is 2.53. The van der Waals surface area contributed by atoms with Crippen LogP contribution in [-0.2, 0) is 19.9 Å². The van der Waals surface area contributed by atoms with E-state index in [9.17, 15) is 21.6 Å². The predicted molar refractivity (Wildman–Crippen MR) is 94.7 cm³/mol. The van der Waals surface area contributed by atoms with Crippen LogP contribution in [0.25, 0.3) is 0 Å². The lowest BCUT2D eigenvalue weighted by atomic mass is 10.2. The van der Waals surface area contributed by atoms with Crippen molar-refractivity contribution in [3.05, 3.63) is 29.8 Å². The van der Waals surface area contributed by atoms with E-state index in [4.69, 9.17) is 0 Å². The Bertz CT molecular complexity index is 836. The van der Waals surface area contributed by atoms with E-state index in [1.807, 2.05) is 6.92 Å². The third kappa shape index (κ3) is 5.50. The summed E-state index contributed by atoms with van der Waals surface area (Å²) in [6, 6.07) is 5.83. The molecule has 0 radical (unpaired) electrons. The van der Waals surface area contributed by atoms with Gasteiger partial charge in [0.05, 0.1) is 10.6 Å². The molecule has 0 aliphatic carbocycles. The summed E-state index contributed by atoms with van der Waals surface area (Å²) in [6.45, 7) is 3.20. The molecule has 1 aromatic rings. The lowest BCUT2D eigenvalue weighted by Crippen LogP contribution is -2.51. The third-order valence-electron chi connectivity index (χ3n) is 3.82. The maximum atomic E-state index is 12.7. The van der Waals surface area contributed by atoms with Crippen molar-refractivity contribution in [3.63, 3.8) is 0 Å². The van der Waals surface area contributed by atoms with Crippen LogP contribution < -0.4 is 10.6 Å². The second-order valence-electron chi connectivity index (χ2n) is 6.13. The summed E-state index contributed by atoms with van der Waals surface area (Å²) in [6.07, 6.45) is 1.08. The fourth-order valence-electron chi connectivity index (χ4n) is 2.51. The lowest BCUT2D eigenvalue weighted by molar-refractivity contribution is 0.0956. The number of amides is 1. The molecule has 1 saturated heterocycles. The van der Waals surface area contributed by atoms with Crippen LogP contribution in [0.1, 0.15) is 17.3 Å². The fraction of sp³-hybridized carbons (Fsp3) is 0.533. The highest BCUT2D eigenvalue weighted by molar-refractivity contribution is 7.90. The summed E-state index contributed by atoms with van der Waals surface area (Å²) >= 11 is 0. The summed E-state index contributed by atoms with van der Waals surface area (Å²) in [7, 11) is -6.85. The van der Waals surface area contributed by atoms with Crippen molar-refractivity contribution in [2.75, 3.05) is 38.2 Å². The van der Waals surface area contributed by atoms with E-state index in [1.165, 1.54) is 28.6 Å². The van der Waals surface area contributed by atoms with Crippen molar-refractivity contribution in [1.29, 1.82) is 0 Å². The number of nitrogens with one attached hydrogen (secondary N) is 2. The van der Waals surface area contributed by atoms with Crippen LogP contribution in [0.15, 0.2) is 29.2 Å². The van der Waals surface area contributed by atoms with Gasteiger partial charge in [-0.2, -0.15) is 4.31 Å². The largest absolute Gasteiger partial charge is 0.351 e. The number of hydrogen-bond donors (Lipinski definition) is 2. The summed E-state index contributed by atoms with van der Waals surface area (Å²) < 4.78 is 49.1. The minimum absolute atomic E-state index is 0.0239. The fourth-order valence-corrected chi connectivity index (χ4v) is 4.56. The second-order valence-corrected chi connectivity index (χ2v) is 10.3. The Morgan fingerprint density at radius 1 is 1.32 bits per heavy atom. The summed E-state index contributed by atoms with van der Waals surface area (Å²) in [5, 5.41) is 5.67. The molecule has 2 N–H and O–H groups in total. The summed E-state index contributed by atoms with van der Waals surface area (Å²) in [5.74, 6) is -0.676. The Balaban J connectivity index is 2.13. The van der Waals surface area contributed by atoms with Gasteiger partial charge in [0.25, 0.3) is 5.91 Å². The van der Waals surface area contributed by atoms with E-state index < -0.39 is 25.8 Å². The first-order valence-corrected chi connectivity index (χ1v) is 11.4. The molecule has 0 saturated carbocycles.